The second-order valence-electron chi connectivity index (χ2n) is 5.58. The summed E-state index contributed by atoms with van der Waals surface area (Å²) < 4.78 is 5.40. The Hall–Kier alpha value is -0.120. The molecule has 0 bridgehead atoms. The van der Waals surface area contributed by atoms with Crippen molar-refractivity contribution in [3.05, 3.63) is 0 Å². The first kappa shape index (κ1) is 13.3. The molecule has 3 nitrogen and oxygen atoms in total. The molecule has 0 aromatic heterocycles. The molecule has 2 rings (SSSR count). The minimum absolute atomic E-state index is 0.769. The highest BCUT2D eigenvalue weighted by Gasteiger charge is 2.20. The molecule has 0 aromatic carbocycles. The lowest BCUT2D eigenvalue weighted by Crippen LogP contribution is -2.44. The summed E-state index contributed by atoms with van der Waals surface area (Å²) in [5, 5.41) is 3.77. The second-order valence-corrected chi connectivity index (χ2v) is 5.58. The van der Waals surface area contributed by atoms with E-state index in [-0.39, 0.29) is 0 Å². The predicted octanol–water partition coefficient (Wildman–Crippen LogP) is 1.88. The van der Waals surface area contributed by atoms with E-state index in [4.69, 9.17) is 4.74 Å². The minimum Gasteiger partial charge on any atom is -0.381 e. The Kier molecular flexibility index (Phi) is 5.75. The van der Waals surface area contributed by atoms with Crippen molar-refractivity contribution in [2.75, 3.05) is 39.4 Å². The molecule has 0 unspecified atom stereocenters. The van der Waals surface area contributed by atoms with E-state index in [1.54, 1.807) is 0 Å². The van der Waals surface area contributed by atoms with Crippen LogP contribution >= 0.6 is 0 Å². The maximum absolute atomic E-state index is 5.40. The van der Waals surface area contributed by atoms with Gasteiger partial charge in [-0.15, -0.1) is 0 Å². The smallest absolute Gasteiger partial charge is 0.0469 e. The number of likely N-dealkylation sites (tertiary alicyclic amines) is 1. The van der Waals surface area contributed by atoms with Gasteiger partial charge in [-0.1, -0.05) is 6.92 Å². The molecule has 2 fully saturated rings. The maximum atomic E-state index is 5.40. The zero-order valence-electron chi connectivity index (χ0n) is 11.3. The van der Waals surface area contributed by atoms with Gasteiger partial charge in [0.25, 0.3) is 0 Å². The molecule has 0 atom stereocenters. The monoisotopic (exact) mass is 240 g/mol. The predicted molar refractivity (Wildman–Crippen MR) is 71.3 cm³/mol. The summed E-state index contributed by atoms with van der Waals surface area (Å²) in [5.74, 6) is 0.859. The molecule has 0 aromatic rings. The molecule has 3 heteroatoms. The standard InChI is InChI=1S/C14H28N2O/c1-2-7-16-8-3-14(4-9-16)15-12-13-5-10-17-11-6-13/h13-15H,2-12H2,1H3. The van der Waals surface area contributed by atoms with Crippen molar-refractivity contribution in [2.24, 2.45) is 5.92 Å². The van der Waals surface area contributed by atoms with Crippen molar-refractivity contribution in [3.8, 4) is 0 Å². The summed E-state index contributed by atoms with van der Waals surface area (Å²) >= 11 is 0. The number of ether oxygens (including phenoxy) is 1. The van der Waals surface area contributed by atoms with Gasteiger partial charge in [-0.3, -0.25) is 0 Å². The highest BCUT2D eigenvalue weighted by molar-refractivity contribution is 4.78. The molecule has 0 saturated carbocycles. The number of piperidine rings is 1. The van der Waals surface area contributed by atoms with Crippen LogP contribution in [-0.2, 0) is 4.74 Å². The lowest BCUT2D eigenvalue weighted by molar-refractivity contribution is 0.0643. The van der Waals surface area contributed by atoms with Crippen LogP contribution in [0.2, 0.25) is 0 Å². The molecule has 0 amide bonds. The number of nitrogens with zero attached hydrogens (tertiary/aromatic N) is 1. The summed E-state index contributed by atoms with van der Waals surface area (Å²) in [6, 6.07) is 0.769. The van der Waals surface area contributed by atoms with Crippen LogP contribution in [0.3, 0.4) is 0 Å². The number of hydrogen-bond donors (Lipinski definition) is 1. The van der Waals surface area contributed by atoms with Crippen molar-refractivity contribution in [3.63, 3.8) is 0 Å². The molecule has 100 valence electrons. The van der Waals surface area contributed by atoms with Gasteiger partial charge in [0.05, 0.1) is 0 Å². The SMILES string of the molecule is CCCN1CCC(NCC2CCOCC2)CC1. The van der Waals surface area contributed by atoms with Gasteiger partial charge in [-0.2, -0.15) is 0 Å². The fraction of sp³-hybridized carbons (Fsp3) is 1.00. The highest BCUT2D eigenvalue weighted by Crippen LogP contribution is 2.15. The van der Waals surface area contributed by atoms with Crippen molar-refractivity contribution in [1.82, 2.24) is 10.2 Å². The van der Waals surface area contributed by atoms with Crippen molar-refractivity contribution < 1.29 is 4.74 Å². The van der Waals surface area contributed by atoms with Crippen LogP contribution in [0.1, 0.15) is 39.0 Å². The average Bonchev–Trinajstić information content (AvgIpc) is 2.40. The van der Waals surface area contributed by atoms with Crippen LogP contribution in [0.5, 0.6) is 0 Å². The Balaban J connectivity index is 1.57. The van der Waals surface area contributed by atoms with Crippen molar-refractivity contribution >= 4 is 0 Å². The third-order valence-electron chi connectivity index (χ3n) is 4.16. The molecular weight excluding hydrogens is 212 g/mol. The fourth-order valence-corrected chi connectivity index (χ4v) is 2.96. The Morgan fingerprint density at radius 1 is 1.12 bits per heavy atom. The third kappa shape index (κ3) is 4.57. The Bertz CT molecular complexity index is 196. The lowest BCUT2D eigenvalue weighted by Gasteiger charge is -2.33. The first-order chi connectivity index (χ1) is 8.38. The van der Waals surface area contributed by atoms with Gasteiger partial charge in [0.1, 0.15) is 0 Å². The molecular formula is C14H28N2O. The van der Waals surface area contributed by atoms with E-state index in [1.165, 1.54) is 58.3 Å². The summed E-state index contributed by atoms with van der Waals surface area (Å²) in [5.41, 5.74) is 0. The fourth-order valence-electron chi connectivity index (χ4n) is 2.96. The van der Waals surface area contributed by atoms with Gasteiger partial charge in [-0.25, -0.2) is 0 Å². The lowest BCUT2D eigenvalue weighted by atomic mass is 9.98. The first-order valence-electron chi connectivity index (χ1n) is 7.42. The van der Waals surface area contributed by atoms with Crippen LogP contribution in [0.4, 0.5) is 0 Å². The molecule has 2 aliphatic heterocycles. The zero-order valence-corrected chi connectivity index (χ0v) is 11.3. The summed E-state index contributed by atoms with van der Waals surface area (Å²) in [4.78, 5) is 2.60. The molecule has 0 spiro atoms. The normalized spacial score (nSPS) is 25.2. The summed E-state index contributed by atoms with van der Waals surface area (Å²) in [7, 11) is 0. The topological polar surface area (TPSA) is 24.5 Å². The number of hydrogen-bond acceptors (Lipinski definition) is 3. The van der Waals surface area contributed by atoms with Crippen LogP contribution in [0, 0.1) is 5.92 Å². The molecule has 2 aliphatic rings. The van der Waals surface area contributed by atoms with Gasteiger partial charge < -0.3 is 15.0 Å². The van der Waals surface area contributed by atoms with Gasteiger partial charge >= 0.3 is 0 Å². The van der Waals surface area contributed by atoms with E-state index in [2.05, 4.69) is 17.1 Å². The molecule has 17 heavy (non-hydrogen) atoms. The van der Waals surface area contributed by atoms with Crippen LogP contribution < -0.4 is 5.32 Å². The van der Waals surface area contributed by atoms with Crippen molar-refractivity contribution in [1.29, 1.82) is 0 Å². The van der Waals surface area contributed by atoms with E-state index in [9.17, 15) is 0 Å². The zero-order chi connectivity index (χ0) is 11.9. The number of nitrogens with one attached hydrogen (secondary N) is 1. The Labute approximate surface area is 106 Å². The van der Waals surface area contributed by atoms with E-state index < -0.39 is 0 Å². The molecule has 0 radical (unpaired) electrons. The van der Waals surface area contributed by atoms with Gasteiger partial charge in [0, 0.05) is 19.3 Å². The van der Waals surface area contributed by atoms with Crippen LogP contribution in [-0.4, -0.2) is 50.3 Å². The van der Waals surface area contributed by atoms with Crippen LogP contribution in [0.15, 0.2) is 0 Å². The van der Waals surface area contributed by atoms with Crippen molar-refractivity contribution in [2.45, 2.75) is 45.1 Å². The molecule has 2 saturated heterocycles. The maximum Gasteiger partial charge on any atom is 0.0469 e. The molecule has 2 heterocycles. The average molecular weight is 240 g/mol. The van der Waals surface area contributed by atoms with E-state index >= 15 is 0 Å². The first-order valence-corrected chi connectivity index (χ1v) is 7.42. The van der Waals surface area contributed by atoms with Gasteiger partial charge in [0.15, 0.2) is 0 Å². The van der Waals surface area contributed by atoms with E-state index in [1.807, 2.05) is 0 Å². The van der Waals surface area contributed by atoms with Gasteiger partial charge in [-0.05, 0) is 64.2 Å². The Morgan fingerprint density at radius 3 is 2.47 bits per heavy atom. The van der Waals surface area contributed by atoms with E-state index in [0.717, 1.165) is 25.2 Å². The second kappa shape index (κ2) is 7.34. The largest absolute Gasteiger partial charge is 0.381 e. The van der Waals surface area contributed by atoms with Crippen LogP contribution in [0.25, 0.3) is 0 Å². The third-order valence-corrected chi connectivity index (χ3v) is 4.16. The summed E-state index contributed by atoms with van der Waals surface area (Å²) in [6.45, 7) is 9.30. The van der Waals surface area contributed by atoms with E-state index in [0.29, 0.717) is 0 Å². The Morgan fingerprint density at radius 2 is 1.82 bits per heavy atom. The summed E-state index contributed by atoms with van der Waals surface area (Å²) in [6.07, 6.45) is 6.47. The highest BCUT2D eigenvalue weighted by atomic mass is 16.5. The minimum atomic E-state index is 0.769. The quantitative estimate of drug-likeness (QED) is 0.794. The number of rotatable bonds is 5. The molecule has 0 aliphatic carbocycles. The van der Waals surface area contributed by atoms with Gasteiger partial charge in [0.2, 0.25) is 0 Å². The molecule has 1 N–H and O–H groups in total.